The van der Waals surface area contributed by atoms with Gasteiger partial charge in [0.25, 0.3) is 0 Å². The molecule has 12 heteroatoms. The van der Waals surface area contributed by atoms with Gasteiger partial charge in [-0.05, 0) is 92.7 Å². The summed E-state index contributed by atoms with van der Waals surface area (Å²) >= 11 is 0. The fraction of sp³-hybridized carbons (Fsp3) is 0.533. The molecular formula is C30H38F3N5O3S. The number of para-hydroxylation sites is 1. The number of sulfonamides is 1. The zero-order valence-electron chi connectivity index (χ0n) is 23.5. The van der Waals surface area contributed by atoms with Gasteiger partial charge in [-0.1, -0.05) is 31.4 Å². The minimum Gasteiger partial charge on any atom is -0.406 e. The summed E-state index contributed by atoms with van der Waals surface area (Å²) in [5.74, 6) is 2.31. The molecule has 8 nitrogen and oxygen atoms in total. The fourth-order valence-corrected chi connectivity index (χ4v) is 7.05. The van der Waals surface area contributed by atoms with Crippen LogP contribution < -0.4 is 20.1 Å². The number of rotatable bonds is 11. The summed E-state index contributed by atoms with van der Waals surface area (Å²) in [6.45, 7) is 1.95. The molecule has 2 fully saturated rings. The molecule has 0 unspecified atom stereocenters. The Morgan fingerprint density at radius 1 is 0.762 bits per heavy atom. The first-order chi connectivity index (χ1) is 20.1. The van der Waals surface area contributed by atoms with Crippen LogP contribution in [0.25, 0.3) is 10.9 Å². The first kappa shape index (κ1) is 30.3. The van der Waals surface area contributed by atoms with Crippen molar-refractivity contribution in [2.24, 2.45) is 17.8 Å². The van der Waals surface area contributed by atoms with E-state index < -0.39 is 22.1 Å². The van der Waals surface area contributed by atoms with E-state index in [1.54, 1.807) is 0 Å². The van der Waals surface area contributed by atoms with Crippen molar-refractivity contribution < 1.29 is 26.3 Å². The quantitative estimate of drug-likeness (QED) is 0.223. The van der Waals surface area contributed by atoms with Crippen molar-refractivity contribution in [1.29, 1.82) is 0 Å². The molecule has 2 aliphatic rings. The highest BCUT2D eigenvalue weighted by molar-refractivity contribution is 7.89. The topological polar surface area (TPSA) is 105 Å². The van der Waals surface area contributed by atoms with Gasteiger partial charge >= 0.3 is 6.36 Å². The third-order valence-corrected chi connectivity index (χ3v) is 9.77. The Balaban J connectivity index is 1.09. The number of nitrogens with one attached hydrogen (secondary N) is 3. The normalized spacial score (nSPS) is 20.4. The van der Waals surface area contributed by atoms with E-state index in [-0.39, 0.29) is 17.4 Å². The molecule has 0 bridgehead atoms. The Kier molecular flexibility index (Phi) is 9.72. The molecule has 228 valence electrons. The summed E-state index contributed by atoms with van der Waals surface area (Å²) in [6, 6.07) is 12.3. The molecule has 42 heavy (non-hydrogen) atoms. The summed E-state index contributed by atoms with van der Waals surface area (Å²) in [4.78, 5) is 9.46. The van der Waals surface area contributed by atoms with Crippen molar-refractivity contribution in [1.82, 2.24) is 14.7 Å². The third kappa shape index (κ3) is 8.47. The van der Waals surface area contributed by atoms with Crippen molar-refractivity contribution >= 4 is 32.7 Å². The Morgan fingerprint density at radius 2 is 1.38 bits per heavy atom. The highest BCUT2D eigenvalue weighted by Crippen LogP contribution is 2.30. The second-order valence-corrected chi connectivity index (χ2v) is 13.2. The van der Waals surface area contributed by atoms with Gasteiger partial charge in [-0.2, -0.15) is 4.98 Å². The maximum Gasteiger partial charge on any atom is 0.573 e. The van der Waals surface area contributed by atoms with Crippen LogP contribution in [0.1, 0.15) is 57.8 Å². The maximum atomic E-state index is 12.6. The van der Waals surface area contributed by atoms with Crippen LogP contribution in [-0.4, -0.2) is 44.4 Å². The van der Waals surface area contributed by atoms with Crippen molar-refractivity contribution in [3.8, 4) is 5.75 Å². The van der Waals surface area contributed by atoms with Crippen LogP contribution >= 0.6 is 0 Å². The van der Waals surface area contributed by atoms with E-state index in [0.29, 0.717) is 17.8 Å². The number of halogens is 3. The number of nitrogens with zero attached hydrogens (tertiary/aromatic N) is 2. The summed E-state index contributed by atoms with van der Waals surface area (Å²) in [5, 5.41) is 8.06. The Labute approximate surface area is 244 Å². The fourth-order valence-electron chi connectivity index (χ4n) is 5.93. The van der Waals surface area contributed by atoms with E-state index in [1.807, 2.05) is 18.2 Å². The zero-order chi connectivity index (χ0) is 29.6. The van der Waals surface area contributed by atoms with E-state index >= 15 is 0 Å². The van der Waals surface area contributed by atoms with Gasteiger partial charge in [0.05, 0.1) is 10.4 Å². The standard InChI is InChI=1S/C30H38F3N5O3S/c31-30(32,33)41-24-14-16-25(17-15-24)42(39,40)36-20-23-12-10-22(11-13-23)19-35-29-37-27-9-5-4-8-26(27)28(38-29)34-18-21-6-2-1-3-7-21/h4-5,8-9,14-17,21-23,36H,1-3,6-7,10-13,18-20H2,(H2,34,35,37,38)/t22-,23-. The number of hydrogen-bond acceptors (Lipinski definition) is 7. The van der Waals surface area contributed by atoms with Gasteiger partial charge in [0, 0.05) is 25.0 Å². The average molecular weight is 606 g/mol. The average Bonchev–Trinajstić information content (AvgIpc) is 2.98. The minimum atomic E-state index is -4.83. The maximum absolute atomic E-state index is 12.6. The second-order valence-electron chi connectivity index (χ2n) is 11.4. The monoisotopic (exact) mass is 605 g/mol. The molecule has 1 aromatic heterocycles. The lowest BCUT2D eigenvalue weighted by Gasteiger charge is -2.28. The molecule has 1 heterocycles. The predicted molar refractivity (Wildman–Crippen MR) is 157 cm³/mol. The van der Waals surface area contributed by atoms with E-state index in [4.69, 9.17) is 9.97 Å². The van der Waals surface area contributed by atoms with Crippen LogP contribution in [0, 0.1) is 17.8 Å². The van der Waals surface area contributed by atoms with Gasteiger partial charge in [-0.3, -0.25) is 0 Å². The van der Waals surface area contributed by atoms with Gasteiger partial charge in [0.2, 0.25) is 16.0 Å². The number of benzene rings is 2. The summed E-state index contributed by atoms with van der Waals surface area (Å²) in [6.07, 6.45) is 5.28. The minimum absolute atomic E-state index is 0.0992. The predicted octanol–water partition coefficient (Wildman–Crippen LogP) is 6.72. The molecule has 0 saturated heterocycles. The van der Waals surface area contributed by atoms with Crippen LogP contribution in [0.5, 0.6) is 5.75 Å². The van der Waals surface area contributed by atoms with E-state index in [1.165, 1.54) is 32.1 Å². The molecule has 0 atom stereocenters. The molecule has 0 spiro atoms. The molecule has 2 aromatic carbocycles. The van der Waals surface area contributed by atoms with Gasteiger partial charge in [0.15, 0.2) is 0 Å². The smallest absolute Gasteiger partial charge is 0.406 e. The first-order valence-corrected chi connectivity index (χ1v) is 16.2. The van der Waals surface area contributed by atoms with Crippen LogP contribution in [0.4, 0.5) is 24.9 Å². The Hall–Kier alpha value is -3.12. The lowest BCUT2D eigenvalue weighted by molar-refractivity contribution is -0.274. The number of ether oxygens (including phenoxy) is 1. The van der Waals surface area contributed by atoms with Crippen LogP contribution in [0.2, 0.25) is 0 Å². The zero-order valence-corrected chi connectivity index (χ0v) is 24.3. The number of aromatic nitrogens is 2. The highest BCUT2D eigenvalue weighted by atomic mass is 32.2. The molecule has 3 aromatic rings. The third-order valence-electron chi connectivity index (χ3n) is 8.33. The van der Waals surface area contributed by atoms with Gasteiger partial charge in [-0.25, -0.2) is 18.1 Å². The summed E-state index contributed by atoms with van der Waals surface area (Å²) < 4.78 is 68.8. The molecular weight excluding hydrogens is 567 g/mol. The molecule has 5 rings (SSSR count). The van der Waals surface area contributed by atoms with Crippen LogP contribution in [0.3, 0.4) is 0 Å². The SMILES string of the molecule is O=S(=O)(NC[C@H]1CC[C@H](CNc2nc(NCC3CCCCC3)c3ccccc3n2)CC1)c1ccc(OC(F)(F)F)cc1. The van der Waals surface area contributed by atoms with Crippen molar-refractivity contribution in [3.05, 3.63) is 48.5 Å². The van der Waals surface area contributed by atoms with Crippen LogP contribution in [0.15, 0.2) is 53.4 Å². The van der Waals surface area contributed by atoms with Crippen LogP contribution in [-0.2, 0) is 10.0 Å². The van der Waals surface area contributed by atoms with E-state index in [9.17, 15) is 21.6 Å². The summed E-state index contributed by atoms with van der Waals surface area (Å²) in [7, 11) is -3.84. The Bertz CT molecular complexity index is 1420. The van der Waals surface area contributed by atoms with Crippen molar-refractivity contribution in [2.75, 3.05) is 30.3 Å². The molecule has 0 aliphatic heterocycles. The lowest BCUT2D eigenvalue weighted by Crippen LogP contribution is -2.32. The van der Waals surface area contributed by atoms with E-state index in [0.717, 1.165) is 79.8 Å². The Morgan fingerprint density at radius 3 is 2.07 bits per heavy atom. The summed E-state index contributed by atoms with van der Waals surface area (Å²) in [5.41, 5.74) is 0.902. The van der Waals surface area contributed by atoms with Gasteiger partial charge in [-0.15, -0.1) is 13.2 Å². The largest absolute Gasteiger partial charge is 0.573 e. The molecule has 0 amide bonds. The number of fused-ring (bicyclic) bond motifs is 1. The van der Waals surface area contributed by atoms with Crippen molar-refractivity contribution in [2.45, 2.75) is 69.0 Å². The molecule has 2 saturated carbocycles. The van der Waals surface area contributed by atoms with Gasteiger partial charge < -0.3 is 15.4 Å². The second kappa shape index (κ2) is 13.5. The lowest BCUT2D eigenvalue weighted by atomic mass is 9.82. The van der Waals surface area contributed by atoms with E-state index in [2.05, 4.69) is 26.2 Å². The highest BCUT2D eigenvalue weighted by Gasteiger charge is 2.31. The van der Waals surface area contributed by atoms with Gasteiger partial charge in [0.1, 0.15) is 11.6 Å². The number of alkyl halides is 3. The first-order valence-electron chi connectivity index (χ1n) is 14.7. The molecule has 0 radical (unpaired) electrons. The molecule has 2 aliphatic carbocycles. The number of anilines is 2. The molecule has 3 N–H and O–H groups in total. The van der Waals surface area contributed by atoms with Crippen molar-refractivity contribution in [3.63, 3.8) is 0 Å². The number of hydrogen-bond donors (Lipinski definition) is 3.